The summed E-state index contributed by atoms with van der Waals surface area (Å²) in [6, 6.07) is 7.09. The molecule has 0 aliphatic carbocycles. The van der Waals surface area contributed by atoms with Crippen molar-refractivity contribution in [3.05, 3.63) is 24.3 Å². The van der Waals surface area contributed by atoms with Crippen molar-refractivity contribution in [3.63, 3.8) is 0 Å². The van der Waals surface area contributed by atoms with Gasteiger partial charge in [-0.3, -0.25) is 4.79 Å². The summed E-state index contributed by atoms with van der Waals surface area (Å²) in [5.41, 5.74) is 2.47. The van der Waals surface area contributed by atoms with Gasteiger partial charge in [-0.15, -0.1) is 0 Å². The average molecular weight is 292 g/mol. The molecule has 0 atom stereocenters. The van der Waals surface area contributed by atoms with Gasteiger partial charge in [0, 0.05) is 12.8 Å². The van der Waals surface area contributed by atoms with Gasteiger partial charge in [0.05, 0.1) is 7.11 Å². The highest BCUT2D eigenvalue weighted by molar-refractivity contribution is 6.37. The first-order valence-electron chi connectivity index (χ1n) is 6.48. The summed E-state index contributed by atoms with van der Waals surface area (Å²) in [6.07, 6.45) is 0.542. The predicted molar refractivity (Wildman–Crippen MR) is 74.3 cm³/mol. The Morgan fingerprint density at radius 1 is 1.19 bits per heavy atom. The van der Waals surface area contributed by atoms with Crippen LogP contribution in [0.5, 0.6) is 11.5 Å². The first kappa shape index (κ1) is 14.8. The topological polar surface area (TPSA) is 86.2 Å². The van der Waals surface area contributed by atoms with Gasteiger partial charge >= 0.3 is 5.97 Å². The molecule has 0 radical (unpaired) electrons. The number of methoxy groups -OCH3 is 1. The standard InChI is InChI=1S/C14H16N2O5/c1-19-10-2-4-11(5-3-10)20-8-9-21-14(18)12-6-7-13(17)16-15-12/h2-5H,6-9H2,1H3,(H,16,17). The lowest BCUT2D eigenvalue weighted by Crippen LogP contribution is -2.31. The van der Waals surface area contributed by atoms with Crippen LogP contribution in [0.4, 0.5) is 0 Å². The number of hydrogen-bond donors (Lipinski definition) is 1. The van der Waals surface area contributed by atoms with Crippen molar-refractivity contribution >= 4 is 17.6 Å². The third-order valence-corrected chi connectivity index (χ3v) is 2.78. The number of nitrogens with zero attached hydrogens (tertiary/aromatic N) is 1. The van der Waals surface area contributed by atoms with Gasteiger partial charge < -0.3 is 14.2 Å². The van der Waals surface area contributed by atoms with Crippen molar-refractivity contribution in [2.45, 2.75) is 12.8 Å². The van der Waals surface area contributed by atoms with Gasteiger partial charge in [0.2, 0.25) is 5.91 Å². The minimum absolute atomic E-state index is 0.109. The normalized spacial score (nSPS) is 14.0. The van der Waals surface area contributed by atoms with Gasteiger partial charge in [0.1, 0.15) is 30.4 Å². The van der Waals surface area contributed by atoms with E-state index in [0.29, 0.717) is 12.2 Å². The lowest BCUT2D eigenvalue weighted by Gasteiger charge is -2.11. The van der Waals surface area contributed by atoms with E-state index >= 15 is 0 Å². The second kappa shape index (κ2) is 7.28. The Labute approximate surface area is 121 Å². The second-order valence-corrected chi connectivity index (χ2v) is 4.25. The van der Waals surface area contributed by atoms with E-state index in [1.807, 2.05) is 0 Å². The number of nitrogens with one attached hydrogen (secondary N) is 1. The molecule has 2 rings (SSSR count). The molecule has 112 valence electrons. The van der Waals surface area contributed by atoms with Crippen molar-refractivity contribution in [3.8, 4) is 11.5 Å². The molecular weight excluding hydrogens is 276 g/mol. The van der Waals surface area contributed by atoms with Crippen LogP contribution in [0.1, 0.15) is 12.8 Å². The molecule has 1 aliphatic rings. The second-order valence-electron chi connectivity index (χ2n) is 4.25. The van der Waals surface area contributed by atoms with E-state index in [0.717, 1.165) is 5.75 Å². The molecule has 0 saturated heterocycles. The Morgan fingerprint density at radius 3 is 2.52 bits per heavy atom. The van der Waals surface area contributed by atoms with Crippen LogP contribution in [0, 0.1) is 0 Å². The summed E-state index contributed by atoms with van der Waals surface area (Å²) in [5, 5.41) is 3.65. The Balaban J connectivity index is 1.69. The van der Waals surface area contributed by atoms with Crippen LogP contribution in [0.25, 0.3) is 0 Å². The molecule has 1 heterocycles. The molecule has 0 unspecified atom stereocenters. The van der Waals surface area contributed by atoms with E-state index in [1.54, 1.807) is 31.4 Å². The number of hydrazone groups is 1. The molecule has 0 fully saturated rings. The highest BCUT2D eigenvalue weighted by Gasteiger charge is 2.19. The average Bonchev–Trinajstić information content (AvgIpc) is 2.52. The maximum atomic E-state index is 11.6. The van der Waals surface area contributed by atoms with Crippen molar-refractivity contribution in [1.82, 2.24) is 5.43 Å². The first-order chi connectivity index (χ1) is 10.2. The number of esters is 1. The van der Waals surface area contributed by atoms with Gasteiger partial charge in [-0.1, -0.05) is 0 Å². The summed E-state index contributed by atoms with van der Waals surface area (Å²) in [5.74, 6) is 0.669. The van der Waals surface area contributed by atoms with E-state index in [2.05, 4.69) is 10.5 Å². The number of carbonyl (C=O) groups excluding carboxylic acids is 2. The fourth-order valence-electron chi connectivity index (χ4n) is 1.67. The molecule has 1 N–H and O–H groups in total. The summed E-state index contributed by atoms with van der Waals surface area (Å²) < 4.78 is 15.5. The maximum Gasteiger partial charge on any atom is 0.354 e. The molecular formula is C14H16N2O5. The van der Waals surface area contributed by atoms with E-state index in [4.69, 9.17) is 14.2 Å². The number of amides is 1. The SMILES string of the molecule is COc1ccc(OCCOC(=O)C2=NNC(=O)CC2)cc1. The molecule has 1 aromatic carbocycles. The molecule has 0 saturated carbocycles. The molecule has 21 heavy (non-hydrogen) atoms. The molecule has 0 bridgehead atoms. The van der Waals surface area contributed by atoms with Gasteiger partial charge in [-0.25, -0.2) is 10.2 Å². The predicted octanol–water partition coefficient (Wildman–Crippen LogP) is 0.883. The monoisotopic (exact) mass is 292 g/mol. The summed E-state index contributed by atoms with van der Waals surface area (Å²) in [4.78, 5) is 22.5. The number of rotatable bonds is 6. The zero-order chi connectivity index (χ0) is 15.1. The minimum Gasteiger partial charge on any atom is -0.497 e. The summed E-state index contributed by atoms with van der Waals surface area (Å²) in [7, 11) is 1.59. The number of hydrogen-bond acceptors (Lipinski definition) is 6. The van der Waals surface area contributed by atoms with Crippen molar-refractivity contribution < 1.29 is 23.8 Å². The Kier molecular flexibility index (Phi) is 5.14. The van der Waals surface area contributed by atoms with Crippen molar-refractivity contribution in [2.75, 3.05) is 20.3 Å². The molecule has 1 aromatic rings. The van der Waals surface area contributed by atoms with E-state index < -0.39 is 5.97 Å². The maximum absolute atomic E-state index is 11.6. The molecule has 1 aliphatic heterocycles. The van der Waals surface area contributed by atoms with Gasteiger partial charge in [-0.05, 0) is 24.3 Å². The van der Waals surface area contributed by atoms with Crippen LogP contribution in [-0.4, -0.2) is 37.9 Å². The van der Waals surface area contributed by atoms with Crippen LogP contribution in [-0.2, 0) is 14.3 Å². The Hall–Kier alpha value is -2.57. The Bertz CT molecular complexity index is 539. The third kappa shape index (κ3) is 4.48. The molecule has 0 spiro atoms. The highest BCUT2D eigenvalue weighted by Crippen LogP contribution is 2.16. The highest BCUT2D eigenvalue weighted by atomic mass is 16.6. The minimum atomic E-state index is -0.534. The van der Waals surface area contributed by atoms with Crippen LogP contribution >= 0.6 is 0 Å². The van der Waals surface area contributed by atoms with Crippen LogP contribution < -0.4 is 14.9 Å². The van der Waals surface area contributed by atoms with Crippen molar-refractivity contribution in [2.24, 2.45) is 5.10 Å². The van der Waals surface area contributed by atoms with Crippen LogP contribution in [0.2, 0.25) is 0 Å². The van der Waals surface area contributed by atoms with Crippen molar-refractivity contribution in [1.29, 1.82) is 0 Å². The smallest absolute Gasteiger partial charge is 0.354 e. The molecule has 0 aromatic heterocycles. The lowest BCUT2D eigenvalue weighted by atomic mass is 10.2. The number of carbonyl (C=O) groups is 2. The molecule has 7 heteroatoms. The summed E-state index contributed by atoms with van der Waals surface area (Å²) in [6.45, 7) is 0.343. The fourth-order valence-corrected chi connectivity index (χ4v) is 1.67. The van der Waals surface area contributed by atoms with Gasteiger partial charge in [0.25, 0.3) is 0 Å². The van der Waals surface area contributed by atoms with Gasteiger partial charge in [0.15, 0.2) is 0 Å². The summed E-state index contributed by atoms with van der Waals surface area (Å²) >= 11 is 0. The lowest BCUT2D eigenvalue weighted by molar-refractivity contribution is -0.136. The molecule has 7 nitrogen and oxygen atoms in total. The van der Waals surface area contributed by atoms with E-state index in [1.165, 1.54) is 0 Å². The zero-order valence-electron chi connectivity index (χ0n) is 11.6. The quantitative estimate of drug-likeness (QED) is 0.621. The van der Waals surface area contributed by atoms with E-state index in [9.17, 15) is 9.59 Å². The zero-order valence-corrected chi connectivity index (χ0v) is 11.6. The largest absolute Gasteiger partial charge is 0.497 e. The first-order valence-corrected chi connectivity index (χ1v) is 6.48. The third-order valence-electron chi connectivity index (χ3n) is 2.78. The van der Waals surface area contributed by atoms with Crippen LogP contribution in [0.15, 0.2) is 29.4 Å². The van der Waals surface area contributed by atoms with E-state index in [-0.39, 0.29) is 31.3 Å². The molecule has 1 amide bonds. The number of ether oxygens (including phenoxy) is 3. The fraction of sp³-hybridized carbons (Fsp3) is 0.357. The van der Waals surface area contributed by atoms with Gasteiger partial charge in [-0.2, -0.15) is 5.10 Å². The Morgan fingerprint density at radius 2 is 1.90 bits per heavy atom. The number of benzene rings is 1. The van der Waals surface area contributed by atoms with Crippen LogP contribution in [0.3, 0.4) is 0 Å².